The molecular weight excluding hydrogens is 620 g/mol. The van der Waals surface area contributed by atoms with Crippen LogP contribution in [0.1, 0.15) is 85.1 Å². The number of hydrogen-bond donors (Lipinski definition) is 3. The van der Waals surface area contributed by atoms with Crippen LogP contribution in [0.4, 0.5) is 15.3 Å². The van der Waals surface area contributed by atoms with E-state index in [0.717, 1.165) is 30.7 Å². The molecule has 1 aromatic carbocycles. The van der Waals surface area contributed by atoms with E-state index in [1.54, 1.807) is 46.8 Å². The monoisotopic (exact) mass is 658 g/mol. The van der Waals surface area contributed by atoms with E-state index in [1.165, 1.54) is 17.4 Å². The number of carbonyl (C=O) groups excluding carboxylic acids is 2. The van der Waals surface area contributed by atoms with E-state index in [9.17, 15) is 18.0 Å². The quantitative estimate of drug-likeness (QED) is 0.285. The molecule has 0 bridgehead atoms. The summed E-state index contributed by atoms with van der Waals surface area (Å²) in [5, 5.41) is 6.45. The Bertz CT molecular complexity index is 1310. The molecule has 3 rings (SSSR count). The molecule has 1 aliphatic carbocycles. The van der Waals surface area contributed by atoms with E-state index in [-0.39, 0.29) is 29.1 Å². The highest BCUT2D eigenvalue weighted by atomic mass is 79.9. The van der Waals surface area contributed by atoms with Crippen LogP contribution in [0, 0.1) is 0 Å². The zero-order chi connectivity index (χ0) is 29.8. The van der Waals surface area contributed by atoms with Gasteiger partial charge in [0.15, 0.2) is 0 Å². The molecule has 222 valence electrons. The highest BCUT2D eigenvalue weighted by molar-refractivity contribution is 9.10. The maximum absolute atomic E-state index is 13.5. The average Bonchev–Trinajstić information content (AvgIpc) is 3.18. The lowest BCUT2D eigenvalue weighted by atomic mass is 9.86. The lowest BCUT2D eigenvalue weighted by Crippen LogP contribution is -2.40. The van der Waals surface area contributed by atoms with Gasteiger partial charge in [0, 0.05) is 28.7 Å². The molecule has 2 amide bonds. The predicted octanol–water partition coefficient (Wildman–Crippen LogP) is 6.77. The van der Waals surface area contributed by atoms with Crippen molar-refractivity contribution in [1.29, 1.82) is 0 Å². The number of alkyl carbamates (subject to hydrolysis) is 1. The van der Waals surface area contributed by atoms with Crippen molar-refractivity contribution in [3.05, 3.63) is 27.8 Å². The minimum atomic E-state index is -3.97. The smallest absolute Gasteiger partial charge is 0.411 e. The normalized spacial score (nSPS) is 18.1. The number of hydrogen-bond acceptors (Lipinski definition) is 8. The highest BCUT2D eigenvalue weighted by Gasteiger charge is 2.30. The van der Waals surface area contributed by atoms with Crippen molar-refractivity contribution in [2.45, 2.75) is 109 Å². The Morgan fingerprint density at radius 2 is 1.62 bits per heavy atom. The molecule has 3 N–H and O–H groups in total. The van der Waals surface area contributed by atoms with Crippen molar-refractivity contribution in [1.82, 2.24) is 15.0 Å². The van der Waals surface area contributed by atoms with Crippen LogP contribution in [0.2, 0.25) is 0 Å². The van der Waals surface area contributed by atoms with Gasteiger partial charge in [-0.2, -0.15) is 0 Å². The predicted molar refractivity (Wildman–Crippen MR) is 160 cm³/mol. The van der Waals surface area contributed by atoms with Crippen molar-refractivity contribution in [2.75, 3.05) is 5.32 Å². The van der Waals surface area contributed by atoms with Gasteiger partial charge in [-0.25, -0.2) is 27.7 Å². The lowest BCUT2D eigenvalue weighted by Gasteiger charge is -2.28. The zero-order valence-corrected chi connectivity index (χ0v) is 27.2. The summed E-state index contributed by atoms with van der Waals surface area (Å²) >= 11 is 5.00. The second kappa shape index (κ2) is 13.2. The van der Waals surface area contributed by atoms with Gasteiger partial charge in [0.1, 0.15) is 4.60 Å². The maximum Gasteiger partial charge on any atom is 0.411 e. The summed E-state index contributed by atoms with van der Waals surface area (Å²) in [5.41, 5.74) is 0.0498. The van der Waals surface area contributed by atoms with E-state index in [4.69, 9.17) is 14.5 Å². The Kier molecular flexibility index (Phi) is 10.6. The Morgan fingerprint density at radius 3 is 2.20 bits per heavy atom. The van der Waals surface area contributed by atoms with E-state index < -0.39 is 27.7 Å². The fourth-order valence-corrected chi connectivity index (χ4v) is 8.04. The van der Waals surface area contributed by atoms with E-state index in [2.05, 4.69) is 31.3 Å². The molecular formula is C27H39BrN4O6S2. The molecule has 10 nitrogen and oxygen atoms in total. The second-order valence-corrected chi connectivity index (χ2v) is 14.9. The van der Waals surface area contributed by atoms with Gasteiger partial charge in [0.05, 0.1) is 27.0 Å². The standard InChI is InChI=1S/C27H39BrN4O6S2/c1-15(2)37-25(33)29-18-10-8-17(9-11-18)24-31-23(28)22(39-24)20-13-12-19(30-26(34)38-16(3)4)14-21(20)40(35,36)32-27(5,6)7/h12-18,32H,8-11H2,1-7H3,(H,29,33)(H,30,34)/t17-,18-. The fraction of sp³-hybridized carbons (Fsp3) is 0.593. The molecule has 1 aromatic heterocycles. The number of carbonyl (C=O) groups is 2. The minimum Gasteiger partial charge on any atom is -0.447 e. The number of nitrogens with one attached hydrogen (secondary N) is 3. The first-order valence-corrected chi connectivity index (χ1v) is 16.4. The molecule has 13 heteroatoms. The first-order valence-electron chi connectivity index (χ1n) is 13.3. The Balaban J connectivity index is 1.88. The number of nitrogens with zero attached hydrogens (tertiary/aromatic N) is 1. The molecule has 0 unspecified atom stereocenters. The van der Waals surface area contributed by atoms with Gasteiger partial charge >= 0.3 is 12.2 Å². The Morgan fingerprint density at radius 1 is 1.02 bits per heavy atom. The van der Waals surface area contributed by atoms with Crippen LogP contribution in [0.5, 0.6) is 0 Å². The summed E-state index contributed by atoms with van der Waals surface area (Å²) in [6.07, 6.45) is 1.71. The van der Waals surface area contributed by atoms with Crippen LogP contribution in [-0.4, -0.2) is 49.4 Å². The molecule has 2 aromatic rings. The first-order chi connectivity index (χ1) is 18.5. The summed E-state index contributed by atoms with van der Waals surface area (Å²) in [6, 6.07) is 4.80. The molecule has 1 fully saturated rings. The van der Waals surface area contributed by atoms with Gasteiger partial charge in [0.2, 0.25) is 10.0 Å². The fourth-order valence-electron chi connectivity index (χ4n) is 4.39. The largest absolute Gasteiger partial charge is 0.447 e. The number of ether oxygens (including phenoxy) is 2. The van der Waals surface area contributed by atoms with Gasteiger partial charge in [-0.1, -0.05) is 6.07 Å². The first kappa shape index (κ1) is 32.3. The van der Waals surface area contributed by atoms with Crippen LogP contribution < -0.4 is 15.4 Å². The number of rotatable bonds is 8. The average molecular weight is 660 g/mol. The lowest BCUT2D eigenvalue weighted by molar-refractivity contribution is 0.109. The molecule has 40 heavy (non-hydrogen) atoms. The summed E-state index contributed by atoms with van der Waals surface area (Å²) < 4.78 is 40.7. The van der Waals surface area contributed by atoms with Crippen LogP contribution in [0.15, 0.2) is 27.7 Å². The molecule has 1 aliphatic rings. The van der Waals surface area contributed by atoms with Crippen LogP contribution in [0.25, 0.3) is 10.4 Å². The number of aromatic nitrogens is 1. The van der Waals surface area contributed by atoms with E-state index >= 15 is 0 Å². The van der Waals surface area contributed by atoms with Crippen molar-refractivity contribution in [2.24, 2.45) is 0 Å². The molecule has 0 aliphatic heterocycles. The topological polar surface area (TPSA) is 136 Å². The SMILES string of the molecule is CC(C)OC(=O)Nc1ccc(-c2sc([C@H]3CC[C@H](NC(=O)OC(C)C)CC3)nc2Br)c(S(=O)(=O)NC(C)(C)C)c1. The molecule has 0 radical (unpaired) electrons. The number of amides is 2. The van der Waals surface area contributed by atoms with Gasteiger partial charge in [-0.15, -0.1) is 11.3 Å². The van der Waals surface area contributed by atoms with Crippen molar-refractivity contribution in [3.63, 3.8) is 0 Å². The summed E-state index contributed by atoms with van der Waals surface area (Å²) in [5.74, 6) is 0.189. The third-order valence-electron chi connectivity index (χ3n) is 5.89. The van der Waals surface area contributed by atoms with E-state index in [0.29, 0.717) is 20.7 Å². The summed E-state index contributed by atoms with van der Waals surface area (Å²) in [7, 11) is -3.97. The van der Waals surface area contributed by atoms with Gasteiger partial charge in [-0.3, -0.25) is 5.32 Å². The minimum absolute atomic E-state index is 0.0252. The maximum atomic E-state index is 13.5. The number of anilines is 1. The van der Waals surface area contributed by atoms with E-state index in [1.807, 2.05) is 13.8 Å². The summed E-state index contributed by atoms with van der Waals surface area (Å²) in [6.45, 7) is 12.4. The summed E-state index contributed by atoms with van der Waals surface area (Å²) in [4.78, 5) is 29.6. The van der Waals surface area contributed by atoms with Crippen LogP contribution >= 0.6 is 27.3 Å². The second-order valence-electron chi connectivity index (χ2n) is 11.5. The molecule has 0 spiro atoms. The third-order valence-corrected chi connectivity index (χ3v) is 9.77. The van der Waals surface area contributed by atoms with Crippen molar-refractivity contribution in [3.8, 4) is 10.4 Å². The van der Waals surface area contributed by atoms with Gasteiger partial charge < -0.3 is 14.8 Å². The van der Waals surface area contributed by atoms with Crippen LogP contribution in [-0.2, 0) is 19.5 Å². The highest BCUT2D eigenvalue weighted by Crippen LogP contribution is 2.43. The van der Waals surface area contributed by atoms with Crippen LogP contribution in [0.3, 0.4) is 0 Å². The number of sulfonamides is 1. The number of benzene rings is 1. The number of thiazole rings is 1. The third kappa shape index (κ3) is 9.15. The Labute approximate surface area is 249 Å². The zero-order valence-electron chi connectivity index (χ0n) is 24.0. The van der Waals surface area contributed by atoms with Crippen molar-refractivity contribution < 1.29 is 27.5 Å². The Hall–Kier alpha value is -2.22. The number of halogens is 1. The molecule has 1 saturated carbocycles. The van der Waals surface area contributed by atoms with Crippen molar-refractivity contribution >= 4 is 55.2 Å². The molecule has 1 heterocycles. The molecule has 0 atom stereocenters. The molecule has 0 saturated heterocycles. The van der Waals surface area contributed by atoms with Gasteiger partial charge in [-0.05, 0) is 102 Å². The van der Waals surface area contributed by atoms with Gasteiger partial charge in [0.25, 0.3) is 0 Å².